The van der Waals surface area contributed by atoms with E-state index >= 15 is 4.39 Å². The molecule has 3 heterocycles. The van der Waals surface area contributed by atoms with Gasteiger partial charge in [-0.25, -0.2) is 17.8 Å². The van der Waals surface area contributed by atoms with Gasteiger partial charge < -0.3 is 16.0 Å². The molecule has 4 N–H and O–H groups in total. The van der Waals surface area contributed by atoms with Gasteiger partial charge in [-0.2, -0.15) is 18.2 Å². The van der Waals surface area contributed by atoms with Gasteiger partial charge in [0.25, 0.3) is 11.8 Å². The van der Waals surface area contributed by atoms with Crippen LogP contribution < -0.4 is 25.6 Å². The summed E-state index contributed by atoms with van der Waals surface area (Å²) in [5.74, 6) is -4.32. The first-order valence-corrected chi connectivity index (χ1v) is 17.7. The number of aromatic nitrogens is 2. The van der Waals surface area contributed by atoms with Crippen LogP contribution in [0.5, 0.6) is 0 Å². The van der Waals surface area contributed by atoms with Crippen LogP contribution in [-0.4, -0.2) is 66.3 Å². The molecular formula is C34H30F4N8O6S. The number of imide groups is 2. The van der Waals surface area contributed by atoms with Crippen LogP contribution in [0.2, 0.25) is 0 Å². The van der Waals surface area contributed by atoms with E-state index < -0.39 is 63.1 Å². The Bertz CT molecular complexity index is 2250. The van der Waals surface area contributed by atoms with Gasteiger partial charge in [0.2, 0.25) is 27.8 Å². The number of amides is 4. The Morgan fingerprint density at radius 2 is 1.62 bits per heavy atom. The quantitative estimate of drug-likeness (QED) is 0.126. The molecule has 6 rings (SSSR count). The maximum absolute atomic E-state index is 15.1. The average molecular weight is 755 g/mol. The van der Waals surface area contributed by atoms with Crippen molar-refractivity contribution < 1.29 is 45.2 Å². The van der Waals surface area contributed by atoms with E-state index in [4.69, 9.17) is 0 Å². The Morgan fingerprint density at radius 1 is 0.943 bits per heavy atom. The molecule has 1 aromatic heterocycles. The van der Waals surface area contributed by atoms with E-state index in [1.165, 1.54) is 19.2 Å². The second-order valence-electron chi connectivity index (χ2n) is 12.2. The molecule has 0 radical (unpaired) electrons. The summed E-state index contributed by atoms with van der Waals surface area (Å²) >= 11 is 0. The molecule has 3 aromatic carbocycles. The third kappa shape index (κ3) is 7.88. The zero-order chi connectivity index (χ0) is 38.2. The number of hydrogen-bond acceptors (Lipinski definition) is 11. The molecule has 1 fully saturated rings. The first kappa shape index (κ1) is 36.7. The van der Waals surface area contributed by atoms with E-state index in [0.717, 1.165) is 21.5 Å². The first-order chi connectivity index (χ1) is 25.0. The molecular weight excluding hydrogens is 724 g/mol. The minimum absolute atomic E-state index is 0.0372. The number of nitrogens with one attached hydrogen (secondary N) is 4. The monoisotopic (exact) mass is 754 g/mol. The summed E-state index contributed by atoms with van der Waals surface area (Å²) in [5, 5.41) is 10.6. The number of nitrogens with zero attached hydrogens (tertiary/aromatic N) is 4. The van der Waals surface area contributed by atoms with Gasteiger partial charge in [-0.05, 0) is 60.5 Å². The lowest BCUT2D eigenvalue weighted by Gasteiger charge is -2.27. The van der Waals surface area contributed by atoms with Crippen LogP contribution in [0.25, 0.3) is 0 Å². The normalized spacial score (nSPS) is 16.0. The number of piperidine rings is 1. The summed E-state index contributed by atoms with van der Waals surface area (Å²) in [5.41, 5.74) is 0.416. The number of anilines is 5. The predicted octanol–water partition coefficient (Wildman–Crippen LogP) is 4.40. The number of rotatable bonds is 11. The van der Waals surface area contributed by atoms with Crippen molar-refractivity contribution in [1.82, 2.24) is 20.2 Å². The number of carbonyl (C=O) groups is 4. The Kier molecular flexibility index (Phi) is 9.78. The van der Waals surface area contributed by atoms with Crippen LogP contribution in [0.4, 0.5) is 46.4 Å². The van der Waals surface area contributed by atoms with Gasteiger partial charge in [-0.1, -0.05) is 12.1 Å². The van der Waals surface area contributed by atoms with Gasteiger partial charge in [-0.3, -0.25) is 33.7 Å². The molecule has 4 amide bonds. The summed E-state index contributed by atoms with van der Waals surface area (Å²) in [6.07, 6.45) is -3.21. The predicted molar refractivity (Wildman–Crippen MR) is 184 cm³/mol. The molecule has 0 spiro atoms. The molecule has 2 aliphatic heterocycles. The number of carbonyl (C=O) groups excluding carboxylic acids is 4. The molecule has 1 unspecified atom stereocenters. The van der Waals surface area contributed by atoms with Crippen molar-refractivity contribution in [2.45, 2.75) is 38.1 Å². The molecule has 2 aliphatic rings. The minimum atomic E-state index is -4.78. The number of fused-ring (bicyclic) bond motifs is 1. The van der Waals surface area contributed by atoms with Crippen molar-refractivity contribution in [2.75, 3.05) is 33.6 Å². The second-order valence-corrected chi connectivity index (χ2v) is 14.2. The highest BCUT2D eigenvalue weighted by molar-refractivity contribution is 7.92. The van der Waals surface area contributed by atoms with Gasteiger partial charge in [0.15, 0.2) is 0 Å². The zero-order valence-electron chi connectivity index (χ0n) is 27.9. The van der Waals surface area contributed by atoms with E-state index in [0.29, 0.717) is 28.8 Å². The summed E-state index contributed by atoms with van der Waals surface area (Å²) < 4.78 is 81.4. The average Bonchev–Trinajstić information content (AvgIpc) is 3.33. The number of sulfonamides is 1. The third-order valence-electron chi connectivity index (χ3n) is 8.56. The van der Waals surface area contributed by atoms with Crippen LogP contribution >= 0.6 is 0 Å². The van der Waals surface area contributed by atoms with Crippen molar-refractivity contribution >= 4 is 62.5 Å². The second kappa shape index (κ2) is 14.1. The maximum atomic E-state index is 15.1. The maximum Gasteiger partial charge on any atom is 0.421 e. The Hall–Kier alpha value is -6.11. The van der Waals surface area contributed by atoms with Crippen LogP contribution in [0, 0.1) is 5.82 Å². The van der Waals surface area contributed by atoms with Crippen molar-refractivity contribution in [3.63, 3.8) is 0 Å². The lowest BCUT2D eigenvalue weighted by molar-refractivity contribution is -0.138. The fourth-order valence-electron chi connectivity index (χ4n) is 5.69. The summed E-state index contributed by atoms with van der Waals surface area (Å²) in [4.78, 5) is 58.5. The highest BCUT2D eigenvalue weighted by atomic mass is 32.2. The van der Waals surface area contributed by atoms with Crippen LogP contribution in [0.1, 0.15) is 50.2 Å². The largest absolute Gasteiger partial charge is 0.421 e. The third-order valence-corrected chi connectivity index (χ3v) is 9.76. The van der Waals surface area contributed by atoms with Crippen molar-refractivity contribution in [3.05, 3.63) is 100 Å². The number of benzene rings is 3. The molecule has 1 saturated heterocycles. The van der Waals surface area contributed by atoms with Gasteiger partial charge in [0.1, 0.15) is 23.2 Å². The molecule has 0 bridgehead atoms. The van der Waals surface area contributed by atoms with Gasteiger partial charge in [0, 0.05) is 49.7 Å². The highest BCUT2D eigenvalue weighted by Crippen LogP contribution is 2.35. The standard InChI is InChI=1S/C34H30F4N8O6S/c1-45(53(2,51)52)22-5-3-4-18(12-22)15-40-29-25(34(36,37)38)17-41-33(44-29)42-21-8-6-20(7-9-21)39-16-19-13-23-24(14-26(19)35)32(50)46(31(23)49)27-10-11-28(47)43-30(27)48/h3-9,12-14,17,27,39H,10-11,15-16H2,1-2H3,(H,43,47,48)(H2,40,41,42,44). The first-order valence-electron chi connectivity index (χ1n) is 15.9. The van der Waals surface area contributed by atoms with Gasteiger partial charge in [-0.15, -0.1) is 0 Å². The van der Waals surface area contributed by atoms with E-state index in [2.05, 4.69) is 31.2 Å². The molecule has 0 aliphatic carbocycles. The van der Waals surface area contributed by atoms with Crippen LogP contribution in [0.15, 0.2) is 66.9 Å². The van der Waals surface area contributed by atoms with Crippen molar-refractivity contribution in [2.24, 2.45) is 0 Å². The van der Waals surface area contributed by atoms with E-state index in [-0.39, 0.29) is 48.6 Å². The molecule has 276 valence electrons. The lowest BCUT2D eigenvalue weighted by atomic mass is 10.0. The summed E-state index contributed by atoms with van der Waals surface area (Å²) in [6.45, 7) is -0.213. The highest BCUT2D eigenvalue weighted by Gasteiger charge is 2.45. The summed E-state index contributed by atoms with van der Waals surface area (Å²) in [7, 11) is -2.20. The van der Waals surface area contributed by atoms with Crippen LogP contribution in [0.3, 0.4) is 0 Å². The molecule has 53 heavy (non-hydrogen) atoms. The topological polar surface area (TPSA) is 183 Å². The smallest absolute Gasteiger partial charge is 0.381 e. The Morgan fingerprint density at radius 3 is 2.28 bits per heavy atom. The van der Waals surface area contributed by atoms with Gasteiger partial charge >= 0.3 is 6.18 Å². The fraction of sp³-hybridized carbons (Fsp3) is 0.235. The lowest BCUT2D eigenvalue weighted by Crippen LogP contribution is -2.54. The zero-order valence-corrected chi connectivity index (χ0v) is 28.7. The molecule has 1 atom stereocenters. The number of alkyl halides is 3. The minimum Gasteiger partial charge on any atom is -0.381 e. The van der Waals surface area contributed by atoms with E-state index in [1.807, 2.05) is 0 Å². The van der Waals surface area contributed by atoms with Gasteiger partial charge in [0.05, 0.1) is 23.1 Å². The summed E-state index contributed by atoms with van der Waals surface area (Å²) in [6, 6.07) is 13.6. The molecule has 0 saturated carbocycles. The van der Waals surface area contributed by atoms with Crippen molar-refractivity contribution in [1.29, 1.82) is 0 Å². The Labute approximate surface area is 299 Å². The molecule has 19 heteroatoms. The van der Waals surface area contributed by atoms with E-state index in [1.54, 1.807) is 42.5 Å². The molecule has 14 nitrogen and oxygen atoms in total. The fourth-order valence-corrected chi connectivity index (χ4v) is 6.19. The SMILES string of the molecule is CN(c1cccc(CNc2nc(Nc3ccc(NCc4cc5c(cc4F)C(=O)N(C4CCC(=O)NC4=O)C5=O)cc3)ncc2C(F)(F)F)c1)S(C)(=O)=O. The van der Waals surface area contributed by atoms with E-state index in [9.17, 15) is 40.8 Å². The Balaban J connectivity index is 1.11. The number of halogens is 4. The van der Waals surface area contributed by atoms with Crippen molar-refractivity contribution in [3.8, 4) is 0 Å². The molecule has 4 aromatic rings. The van der Waals surface area contributed by atoms with Crippen LogP contribution in [-0.2, 0) is 38.9 Å². The number of hydrogen-bond donors (Lipinski definition) is 4.